The molecule has 0 aliphatic carbocycles. The Balaban J connectivity index is 1.64. The molecule has 0 saturated carbocycles. The molecule has 0 radical (unpaired) electrons. The lowest BCUT2D eigenvalue weighted by molar-refractivity contribution is 0.0931. The standard InChI is InChI=1S/C23H33N5O3/c1-2-3-6-15-31-16-7-4-5-12-27-28-23(30)19-10-8-18(9-11-19)17-20-21(22(24)29)26-14-13-25-20/h8-11,13-14,27H,2-7,12,15-17H2,1H3,(H2,24,29)(H,28,30). The molecule has 0 fully saturated rings. The van der Waals surface area contributed by atoms with Gasteiger partial charge in [-0.25, -0.2) is 10.4 Å². The van der Waals surface area contributed by atoms with Gasteiger partial charge in [0.25, 0.3) is 11.8 Å². The third kappa shape index (κ3) is 9.23. The zero-order chi connectivity index (χ0) is 22.3. The number of rotatable bonds is 15. The highest BCUT2D eigenvalue weighted by Gasteiger charge is 2.12. The third-order valence-electron chi connectivity index (χ3n) is 4.78. The second-order valence-corrected chi connectivity index (χ2v) is 7.35. The summed E-state index contributed by atoms with van der Waals surface area (Å²) in [7, 11) is 0. The molecule has 1 heterocycles. The average Bonchev–Trinajstić information content (AvgIpc) is 2.78. The predicted molar refractivity (Wildman–Crippen MR) is 119 cm³/mol. The van der Waals surface area contributed by atoms with Gasteiger partial charge in [0, 0.05) is 44.1 Å². The average molecular weight is 428 g/mol. The van der Waals surface area contributed by atoms with E-state index in [0.29, 0.717) is 24.2 Å². The smallest absolute Gasteiger partial charge is 0.269 e. The van der Waals surface area contributed by atoms with Crippen molar-refractivity contribution >= 4 is 11.8 Å². The van der Waals surface area contributed by atoms with Gasteiger partial charge in [-0.2, -0.15) is 0 Å². The van der Waals surface area contributed by atoms with Gasteiger partial charge in [0.1, 0.15) is 5.69 Å². The summed E-state index contributed by atoms with van der Waals surface area (Å²) in [5.41, 5.74) is 13.2. The Morgan fingerprint density at radius 3 is 2.39 bits per heavy atom. The van der Waals surface area contributed by atoms with Crippen LogP contribution in [0.15, 0.2) is 36.7 Å². The number of nitrogens with zero attached hydrogens (tertiary/aromatic N) is 2. The zero-order valence-corrected chi connectivity index (χ0v) is 18.2. The number of aromatic nitrogens is 2. The first-order valence-electron chi connectivity index (χ1n) is 10.9. The van der Waals surface area contributed by atoms with E-state index in [0.717, 1.165) is 44.5 Å². The van der Waals surface area contributed by atoms with Crippen LogP contribution in [-0.4, -0.2) is 41.5 Å². The number of hydrazine groups is 1. The predicted octanol–water partition coefficient (Wildman–Crippen LogP) is 2.78. The molecule has 168 valence electrons. The lowest BCUT2D eigenvalue weighted by Gasteiger charge is -2.09. The maximum absolute atomic E-state index is 12.2. The second kappa shape index (κ2) is 14.2. The zero-order valence-electron chi connectivity index (χ0n) is 18.2. The van der Waals surface area contributed by atoms with Gasteiger partial charge in [0.05, 0.1) is 5.69 Å². The number of ether oxygens (including phenoxy) is 1. The minimum Gasteiger partial charge on any atom is -0.381 e. The fourth-order valence-corrected chi connectivity index (χ4v) is 3.03. The lowest BCUT2D eigenvalue weighted by Crippen LogP contribution is -2.37. The maximum atomic E-state index is 12.2. The van der Waals surface area contributed by atoms with E-state index in [4.69, 9.17) is 10.5 Å². The summed E-state index contributed by atoms with van der Waals surface area (Å²) >= 11 is 0. The van der Waals surface area contributed by atoms with Crippen molar-refractivity contribution in [3.63, 3.8) is 0 Å². The van der Waals surface area contributed by atoms with Crippen molar-refractivity contribution in [3.05, 3.63) is 59.2 Å². The first-order valence-corrected chi connectivity index (χ1v) is 10.9. The molecule has 8 heteroatoms. The number of carbonyl (C=O) groups is 2. The Bertz CT molecular complexity index is 811. The van der Waals surface area contributed by atoms with E-state index < -0.39 is 5.91 Å². The molecule has 1 aromatic carbocycles. The van der Waals surface area contributed by atoms with Crippen LogP contribution >= 0.6 is 0 Å². The number of amides is 2. The highest BCUT2D eigenvalue weighted by molar-refractivity contribution is 5.94. The Kier molecular flexibility index (Phi) is 11.2. The molecule has 31 heavy (non-hydrogen) atoms. The van der Waals surface area contributed by atoms with E-state index in [9.17, 15) is 9.59 Å². The van der Waals surface area contributed by atoms with Gasteiger partial charge >= 0.3 is 0 Å². The largest absolute Gasteiger partial charge is 0.381 e. The van der Waals surface area contributed by atoms with Crippen LogP contribution in [0.5, 0.6) is 0 Å². The minimum atomic E-state index is -0.607. The molecule has 2 amide bonds. The topological polar surface area (TPSA) is 119 Å². The van der Waals surface area contributed by atoms with Gasteiger partial charge in [0.2, 0.25) is 0 Å². The van der Waals surface area contributed by atoms with Crippen LogP contribution in [0.25, 0.3) is 0 Å². The Morgan fingerprint density at radius 1 is 0.968 bits per heavy atom. The van der Waals surface area contributed by atoms with Gasteiger partial charge in [-0.15, -0.1) is 0 Å². The monoisotopic (exact) mass is 427 g/mol. The van der Waals surface area contributed by atoms with Crippen molar-refractivity contribution in [2.45, 2.75) is 51.9 Å². The van der Waals surface area contributed by atoms with Crippen LogP contribution in [-0.2, 0) is 11.2 Å². The Morgan fingerprint density at radius 2 is 1.68 bits per heavy atom. The van der Waals surface area contributed by atoms with Gasteiger partial charge in [-0.05, 0) is 43.4 Å². The molecule has 0 bridgehead atoms. The molecule has 0 atom stereocenters. The summed E-state index contributed by atoms with van der Waals surface area (Å²) in [5.74, 6) is -0.798. The quantitative estimate of drug-likeness (QED) is 0.297. The molecule has 0 saturated heterocycles. The molecule has 8 nitrogen and oxygen atoms in total. The number of hydrogen-bond acceptors (Lipinski definition) is 6. The summed E-state index contributed by atoms with van der Waals surface area (Å²) in [6.07, 6.45) is 10.0. The summed E-state index contributed by atoms with van der Waals surface area (Å²) in [4.78, 5) is 31.9. The molecule has 4 N–H and O–H groups in total. The van der Waals surface area contributed by atoms with Crippen LogP contribution in [0.4, 0.5) is 0 Å². The molecular weight excluding hydrogens is 394 g/mol. The van der Waals surface area contributed by atoms with Gasteiger partial charge in [-0.3, -0.25) is 20.0 Å². The van der Waals surface area contributed by atoms with E-state index in [1.54, 1.807) is 12.1 Å². The molecule has 1 aromatic heterocycles. The fourth-order valence-electron chi connectivity index (χ4n) is 3.03. The van der Waals surface area contributed by atoms with Crippen LogP contribution in [0.3, 0.4) is 0 Å². The second-order valence-electron chi connectivity index (χ2n) is 7.35. The number of hydrogen-bond donors (Lipinski definition) is 3. The van der Waals surface area contributed by atoms with Gasteiger partial charge in [0.15, 0.2) is 0 Å². The van der Waals surface area contributed by atoms with E-state index in [1.165, 1.54) is 25.2 Å². The molecule has 0 aliphatic rings. The van der Waals surface area contributed by atoms with Crippen molar-refractivity contribution in [1.82, 2.24) is 20.8 Å². The number of carbonyl (C=O) groups excluding carboxylic acids is 2. The van der Waals surface area contributed by atoms with Crippen molar-refractivity contribution in [2.24, 2.45) is 5.73 Å². The van der Waals surface area contributed by atoms with E-state index in [1.807, 2.05) is 12.1 Å². The number of nitrogens with one attached hydrogen (secondary N) is 2. The van der Waals surface area contributed by atoms with Crippen LogP contribution in [0.2, 0.25) is 0 Å². The summed E-state index contributed by atoms with van der Waals surface area (Å²) < 4.78 is 5.58. The van der Waals surface area contributed by atoms with E-state index in [-0.39, 0.29) is 11.6 Å². The first kappa shape index (κ1) is 24.4. The van der Waals surface area contributed by atoms with E-state index in [2.05, 4.69) is 27.7 Å². The van der Waals surface area contributed by atoms with Gasteiger partial charge in [-0.1, -0.05) is 31.9 Å². The normalized spacial score (nSPS) is 10.7. The van der Waals surface area contributed by atoms with Crippen LogP contribution < -0.4 is 16.6 Å². The van der Waals surface area contributed by atoms with Crippen molar-refractivity contribution in [2.75, 3.05) is 19.8 Å². The molecule has 2 aromatic rings. The maximum Gasteiger partial charge on any atom is 0.269 e. The van der Waals surface area contributed by atoms with Gasteiger partial charge < -0.3 is 10.5 Å². The van der Waals surface area contributed by atoms with Crippen molar-refractivity contribution < 1.29 is 14.3 Å². The summed E-state index contributed by atoms with van der Waals surface area (Å²) in [6.45, 7) is 4.55. The minimum absolute atomic E-state index is 0.163. The molecule has 0 spiro atoms. The SMILES string of the molecule is CCCCCOCCCCCNNC(=O)c1ccc(Cc2nccnc2C(N)=O)cc1. The molecule has 0 aliphatic heterocycles. The number of nitrogens with two attached hydrogens (primary N) is 1. The van der Waals surface area contributed by atoms with Crippen LogP contribution in [0, 0.1) is 0 Å². The lowest BCUT2D eigenvalue weighted by atomic mass is 10.1. The fraction of sp³-hybridized carbons (Fsp3) is 0.478. The number of unbranched alkanes of at least 4 members (excludes halogenated alkanes) is 4. The summed E-state index contributed by atoms with van der Waals surface area (Å²) in [6, 6.07) is 7.13. The molecule has 0 unspecified atom stereocenters. The number of primary amides is 1. The molecule has 2 rings (SSSR count). The van der Waals surface area contributed by atoms with E-state index >= 15 is 0 Å². The van der Waals surface area contributed by atoms with Crippen LogP contribution in [0.1, 0.15) is 77.6 Å². The Labute approximate surface area is 184 Å². The van der Waals surface area contributed by atoms with Crippen molar-refractivity contribution in [3.8, 4) is 0 Å². The Hall–Kier alpha value is -2.84. The third-order valence-corrected chi connectivity index (χ3v) is 4.78. The highest BCUT2D eigenvalue weighted by Crippen LogP contribution is 2.11. The van der Waals surface area contributed by atoms with Crippen molar-refractivity contribution in [1.29, 1.82) is 0 Å². The molecular formula is C23H33N5O3. The highest BCUT2D eigenvalue weighted by atomic mass is 16.5. The first-order chi connectivity index (χ1) is 15.1. The summed E-state index contributed by atoms with van der Waals surface area (Å²) in [5, 5.41) is 0. The number of benzene rings is 1.